The normalized spacial score (nSPS) is 13.5. The highest BCUT2D eigenvalue weighted by molar-refractivity contribution is 5.74. The predicted octanol–water partition coefficient (Wildman–Crippen LogP) is 5.81. The van der Waals surface area contributed by atoms with E-state index in [-0.39, 0.29) is 1.43 Å². The van der Waals surface area contributed by atoms with Crippen molar-refractivity contribution in [2.24, 2.45) is 5.92 Å². The van der Waals surface area contributed by atoms with E-state index in [0.29, 0.717) is 0 Å². The topological polar surface area (TPSA) is 0 Å². The van der Waals surface area contributed by atoms with Gasteiger partial charge in [-0.3, -0.25) is 0 Å². The van der Waals surface area contributed by atoms with Crippen LogP contribution in [0.15, 0.2) is 36.9 Å². The average molecular weight is 230 g/mol. The zero-order valence-corrected chi connectivity index (χ0v) is 11.4. The quantitative estimate of drug-likeness (QED) is 0.579. The zero-order valence-electron chi connectivity index (χ0n) is 11.4. The second-order valence-electron chi connectivity index (χ2n) is 4.65. The molecule has 0 bridgehead atoms. The number of rotatable bonds is 6. The van der Waals surface area contributed by atoms with Gasteiger partial charge in [-0.2, -0.15) is 0 Å². The third-order valence-corrected chi connectivity index (χ3v) is 3.24. The number of hydrogen-bond donors (Lipinski definition) is 0. The van der Waals surface area contributed by atoms with Crippen LogP contribution in [0.25, 0.3) is 11.6 Å². The Kier molecular flexibility index (Phi) is 5.76. The molecule has 0 fully saturated rings. The first-order chi connectivity index (χ1) is 8.22. The maximum Gasteiger partial charge on any atom is 0 e. The largest absolute Gasteiger partial charge is 0.0984 e. The minimum Gasteiger partial charge on any atom is -0.0984 e. The van der Waals surface area contributed by atoms with Crippen molar-refractivity contribution < 1.29 is 1.43 Å². The van der Waals surface area contributed by atoms with Crippen LogP contribution in [0.5, 0.6) is 0 Å². The summed E-state index contributed by atoms with van der Waals surface area (Å²) in [6, 6.07) is 8.54. The Morgan fingerprint density at radius 3 is 2.65 bits per heavy atom. The smallest absolute Gasteiger partial charge is 0 e. The molecule has 94 valence electrons. The SMILES string of the molecule is C=Cc1ccccc1/C(=C\CC)C[C@@H](C)CC.[HH]. The monoisotopic (exact) mass is 230 g/mol. The molecule has 0 saturated carbocycles. The maximum absolute atomic E-state index is 3.91. The van der Waals surface area contributed by atoms with Gasteiger partial charge in [-0.25, -0.2) is 0 Å². The van der Waals surface area contributed by atoms with Crippen LogP contribution in [0.3, 0.4) is 0 Å². The van der Waals surface area contributed by atoms with E-state index in [9.17, 15) is 0 Å². The second kappa shape index (κ2) is 7.11. The highest BCUT2D eigenvalue weighted by Crippen LogP contribution is 2.27. The summed E-state index contributed by atoms with van der Waals surface area (Å²) in [4.78, 5) is 0. The van der Waals surface area contributed by atoms with Gasteiger partial charge in [-0.05, 0) is 35.5 Å². The highest BCUT2D eigenvalue weighted by atomic mass is 14.1. The van der Waals surface area contributed by atoms with Gasteiger partial charge in [0.1, 0.15) is 0 Å². The first-order valence-electron chi connectivity index (χ1n) is 6.63. The summed E-state index contributed by atoms with van der Waals surface area (Å²) in [5.41, 5.74) is 4.07. The summed E-state index contributed by atoms with van der Waals surface area (Å²) in [5, 5.41) is 0. The maximum atomic E-state index is 3.91. The Labute approximate surface area is 108 Å². The summed E-state index contributed by atoms with van der Waals surface area (Å²) < 4.78 is 0. The van der Waals surface area contributed by atoms with Gasteiger partial charge in [0.25, 0.3) is 0 Å². The molecular formula is C17H26. The molecule has 0 aliphatic rings. The van der Waals surface area contributed by atoms with Crippen molar-refractivity contribution in [3.8, 4) is 0 Å². The molecule has 0 heterocycles. The third-order valence-electron chi connectivity index (χ3n) is 3.24. The molecule has 0 unspecified atom stereocenters. The fourth-order valence-corrected chi connectivity index (χ4v) is 2.04. The summed E-state index contributed by atoms with van der Waals surface area (Å²) in [6.07, 6.45) is 7.80. The minimum absolute atomic E-state index is 0. The van der Waals surface area contributed by atoms with Gasteiger partial charge in [-0.1, -0.05) is 70.2 Å². The molecule has 0 radical (unpaired) electrons. The van der Waals surface area contributed by atoms with Gasteiger partial charge in [-0.15, -0.1) is 0 Å². The van der Waals surface area contributed by atoms with Gasteiger partial charge >= 0.3 is 0 Å². The average Bonchev–Trinajstić information content (AvgIpc) is 2.38. The molecular weight excluding hydrogens is 204 g/mol. The molecule has 0 spiro atoms. The van der Waals surface area contributed by atoms with E-state index in [2.05, 4.69) is 57.7 Å². The lowest BCUT2D eigenvalue weighted by atomic mass is 9.90. The lowest BCUT2D eigenvalue weighted by molar-refractivity contribution is 0.579. The van der Waals surface area contributed by atoms with Crippen molar-refractivity contribution >= 4 is 11.6 Å². The van der Waals surface area contributed by atoms with Gasteiger partial charge in [0.05, 0.1) is 0 Å². The van der Waals surface area contributed by atoms with Crippen molar-refractivity contribution in [1.82, 2.24) is 0 Å². The van der Waals surface area contributed by atoms with Crippen molar-refractivity contribution in [2.75, 3.05) is 0 Å². The predicted molar refractivity (Wildman–Crippen MR) is 81.0 cm³/mol. The summed E-state index contributed by atoms with van der Waals surface area (Å²) in [7, 11) is 0. The Balaban J connectivity index is 0.00000289. The lowest BCUT2D eigenvalue weighted by Crippen LogP contribution is -1.97. The molecule has 0 heteroatoms. The third kappa shape index (κ3) is 3.89. The van der Waals surface area contributed by atoms with E-state index in [0.717, 1.165) is 18.8 Å². The van der Waals surface area contributed by atoms with Crippen LogP contribution in [0.1, 0.15) is 52.6 Å². The van der Waals surface area contributed by atoms with Gasteiger partial charge < -0.3 is 0 Å². The number of hydrogen-bond acceptors (Lipinski definition) is 0. The van der Waals surface area contributed by atoms with E-state index in [4.69, 9.17) is 0 Å². The van der Waals surface area contributed by atoms with E-state index in [1.54, 1.807) is 0 Å². The highest BCUT2D eigenvalue weighted by Gasteiger charge is 2.08. The van der Waals surface area contributed by atoms with Crippen LogP contribution in [0.4, 0.5) is 0 Å². The molecule has 0 saturated heterocycles. The van der Waals surface area contributed by atoms with Crippen LogP contribution in [-0.2, 0) is 0 Å². The van der Waals surface area contributed by atoms with Crippen LogP contribution in [0, 0.1) is 5.92 Å². The van der Waals surface area contributed by atoms with Gasteiger partial charge in [0.15, 0.2) is 0 Å². The summed E-state index contributed by atoms with van der Waals surface area (Å²) in [6.45, 7) is 10.7. The Bertz CT molecular complexity index is 390. The minimum atomic E-state index is 0. The van der Waals surface area contributed by atoms with Gasteiger partial charge in [0, 0.05) is 1.43 Å². The standard InChI is InChI=1S/C17H24.H2/c1-5-10-16(13-14(4)6-2)17-12-9-8-11-15(17)7-3;/h7-12,14H,3,5-6,13H2,1-2,4H3;1H/b16-10-;/t14-;/m0./s1. The molecule has 0 aliphatic heterocycles. The molecule has 17 heavy (non-hydrogen) atoms. The Morgan fingerprint density at radius 1 is 1.35 bits per heavy atom. The fraction of sp³-hybridized carbons (Fsp3) is 0.412. The zero-order chi connectivity index (χ0) is 12.7. The van der Waals surface area contributed by atoms with Crippen LogP contribution >= 0.6 is 0 Å². The van der Waals surface area contributed by atoms with Crippen molar-refractivity contribution in [3.05, 3.63) is 48.0 Å². The number of benzene rings is 1. The molecule has 0 amide bonds. The second-order valence-corrected chi connectivity index (χ2v) is 4.65. The molecule has 1 aromatic rings. The first-order valence-corrected chi connectivity index (χ1v) is 6.63. The van der Waals surface area contributed by atoms with E-state index >= 15 is 0 Å². The molecule has 1 aromatic carbocycles. The van der Waals surface area contributed by atoms with E-state index in [1.807, 2.05) is 6.08 Å². The molecule has 0 N–H and O–H groups in total. The number of allylic oxidation sites excluding steroid dienone is 2. The van der Waals surface area contributed by atoms with Gasteiger partial charge in [0.2, 0.25) is 0 Å². The summed E-state index contributed by atoms with van der Waals surface area (Å²) >= 11 is 0. The Hall–Kier alpha value is -1.30. The Morgan fingerprint density at radius 2 is 2.06 bits per heavy atom. The fourth-order valence-electron chi connectivity index (χ4n) is 2.04. The van der Waals surface area contributed by atoms with E-state index < -0.39 is 0 Å². The first kappa shape index (κ1) is 13.8. The van der Waals surface area contributed by atoms with Crippen LogP contribution < -0.4 is 0 Å². The van der Waals surface area contributed by atoms with Crippen LogP contribution in [-0.4, -0.2) is 0 Å². The van der Waals surface area contributed by atoms with Crippen molar-refractivity contribution in [1.29, 1.82) is 0 Å². The van der Waals surface area contributed by atoms with Crippen LogP contribution in [0.2, 0.25) is 0 Å². The van der Waals surface area contributed by atoms with Crippen molar-refractivity contribution in [2.45, 2.75) is 40.0 Å². The molecule has 0 aliphatic carbocycles. The molecule has 0 aromatic heterocycles. The van der Waals surface area contributed by atoms with Crippen molar-refractivity contribution in [3.63, 3.8) is 0 Å². The molecule has 1 atom stereocenters. The summed E-state index contributed by atoms with van der Waals surface area (Å²) in [5.74, 6) is 0.741. The molecule has 1 rings (SSSR count). The lowest BCUT2D eigenvalue weighted by Gasteiger charge is -2.15. The van der Waals surface area contributed by atoms with E-state index in [1.165, 1.54) is 23.1 Å². The molecule has 0 nitrogen and oxygen atoms in total.